The van der Waals surface area contributed by atoms with Crippen LogP contribution in [0.2, 0.25) is 12.1 Å². The van der Waals surface area contributed by atoms with Crippen molar-refractivity contribution in [2.45, 2.75) is 37.8 Å². The molecule has 9 nitrogen and oxygen atoms in total. The van der Waals surface area contributed by atoms with Crippen LogP contribution >= 0.6 is 0 Å². The van der Waals surface area contributed by atoms with Gasteiger partial charge in [-0.2, -0.15) is 0 Å². The Morgan fingerprint density at radius 2 is 0.885 bits per heavy atom. The number of hydrogen-bond acceptors (Lipinski definition) is 9. The van der Waals surface area contributed by atoms with Crippen molar-refractivity contribution in [2.24, 2.45) is 0 Å². The van der Waals surface area contributed by atoms with Crippen molar-refractivity contribution < 1.29 is 40.8 Å². The van der Waals surface area contributed by atoms with Crippen LogP contribution in [-0.4, -0.2) is 79.6 Å². The third-order valence-corrected chi connectivity index (χ3v) is 9.72. The zero-order valence-corrected chi connectivity index (χ0v) is 18.8. The van der Waals surface area contributed by atoms with E-state index in [2.05, 4.69) is 0 Å². The molecule has 0 saturated heterocycles. The molecule has 0 fully saturated rings. The van der Waals surface area contributed by atoms with E-state index in [1.807, 2.05) is 0 Å². The fraction of sp³-hybridized carbons (Fsp3) is 0.933. The Morgan fingerprint density at radius 3 is 1.15 bits per heavy atom. The van der Waals surface area contributed by atoms with Crippen molar-refractivity contribution in [2.75, 3.05) is 55.9 Å². The quantitative estimate of drug-likeness (QED) is 0.214. The van der Waals surface area contributed by atoms with E-state index in [0.717, 1.165) is 12.8 Å². The van der Waals surface area contributed by atoms with Crippen molar-refractivity contribution in [3.8, 4) is 0 Å². The Balaban J connectivity index is 3.76. The lowest BCUT2D eigenvalue weighted by atomic mass is 10.4. The summed E-state index contributed by atoms with van der Waals surface area (Å²) < 4.78 is 42.0. The minimum absolute atomic E-state index is 0.285. The molecule has 0 radical (unpaired) electrons. The molecule has 0 aliphatic rings. The molecule has 0 aromatic heterocycles. The van der Waals surface area contributed by atoms with Gasteiger partial charge in [0.25, 0.3) is 0 Å². The number of hydrogen-bond donors (Lipinski definition) is 0. The Bertz CT molecular complexity index is 314. The molecule has 156 valence electrons. The number of unbranched alkanes of at least 4 members (excludes halogenated alkanes) is 2. The first kappa shape index (κ1) is 25.5. The number of rotatable bonds is 16. The second-order valence-electron chi connectivity index (χ2n) is 5.45. The van der Waals surface area contributed by atoms with Gasteiger partial charge < -0.3 is 36.0 Å². The number of carbonyl (C=O) groups excluding carboxylic acids is 1. The third-order valence-electron chi connectivity index (χ3n) is 4.06. The lowest BCUT2D eigenvalue weighted by molar-refractivity contribution is 0.0528. The van der Waals surface area contributed by atoms with E-state index in [1.54, 1.807) is 42.7 Å². The van der Waals surface area contributed by atoms with Crippen molar-refractivity contribution in [1.82, 2.24) is 0 Å². The molecule has 0 amide bonds. The van der Waals surface area contributed by atoms with Gasteiger partial charge in [0.15, 0.2) is 0 Å². The van der Waals surface area contributed by atoms with Crippen molar-refractivity contribution in [3.05, 3.63) is 0 Å². The largest absolute Gasteiger partial charge is 0.508 e. The van der Waals surface area contributed by atoms with Crippen LogP contribution in [0.25, 0.3) is 0 Å². The van der Waals surface area contributed by atoms with Gasteiger partial charge in [0.05, 0.1) is 13.2 Å². The maximum absolute atomic E-state index is 11.5. The van der Waals surface area contributed by atoms with E-state index in [1.165, 1.54) is 0 Å². The molecular weight excluding hydrogens is 380 g/mol. The summed E-state index contributed by atoms with van der Waals surface area (Å²) in [6.45, 7) is 0.570. The zero-order chi connectivity index (χ0) is 19.9. The van der Waals surface area contributed by atoms with Crippen LogP contribution in [-0.2, 0) is 36.0 Å². The second-order valence-corrected chi connectivity index (χ2v) is 11.6. The van der Waals surface area contributed by atoms with Gasteiger partial charge in [-0.15, -0.1) is 0 Å². The second kappa shape index (κ2) is 14.5. The van der Waals surface area contributed by atoms with Crippen LogP contribution < -0.4 is 0 Å². The Kier molecular flexibility index (Phi) is 14.2. The monoisotopic (exact) mass is 414 g/mol. The molecular formula is C15H34O9Si2. The van der Waals surface area contributed by atoms with Gasteiger partial charge in [0.2, 0.25) is 0 Å². The normalized spacial score (nSPS) is 12.2. The highest BCUT2D eigenvalue weighted by Crippen LogP contribution is 2.17. The molecule has 11 heteroatoms. The van der Waals surface area contributed by atoms with Gasteiger partial charge in [-0.25, -0.2) is 4.79 Å². The standard InChI is InChI=1S/C15H34O9Si2/c1-17-25(18-2,19-3)13-9-7-11-23-15(16)24-12-8-10-14-26(20-4,21-5)22-6/h7-14H2,1-6H3. The molecule has 0 aliphatic carbocycles. The zero-order valence-electron chi connectivity index (χ0n) is 16.8. The minimum atomic E-state index is -2.55. The van der Waals surface area contributed by atoms with Gasteiger partial charge in [0, 0.05) is 54.7 Å². The average Bonchev–Trinajstić information content (AvgIpc) is 2.68. The van der Waals surface area contributed by atoms with Crippen LogP contribution in [0, 0.1) is 0 Å². The van der Waals surface area contributed by atoms with Crippen LogP contribution in [0.4, 0.5) is 4.79 Å². The first-order valence-corrected chi connectivity index (χ1v) is 12.4. The van der Waals surface area contributed by atoms with Gasteiger partial charge in [-0.3, -0.25) is 0 Å². The van der Waals surface area contributed by atoms with E-state index >= 15 is 0 Å². The lowest BCUT2D eigenvalue weighted by Gasteiger charge is -2.24. The van der Waals surface area contributed by atoms with E-state index in [4.69, 9.17) is 36.0 Å². The minimum Gasteiger partial charge on any atom is -0.434 e. The fourth-order valence-corrected chi connectivity index (χ4v) is 5.94. The summed E-state index contributed by atoms with van der Waals surface area (Å²) in [6, 6.07) is 1.33. The maximum atomic E-state index is 11.5. The number of carbonyl (C=O) groups is 1. The van der Waals surface area contributed by atoms with Gasteiger partial charge in [-0.05, 0) is 25.7 Å². The van der Waals surface area contributed by atoms with E-state index in [0.29, 0.717) is 24.9 Å². The molecule has 0 atom stereocenters. The first-order valence-electron chi connectivity index (χ1n) is 8.57. The highest BCUT2D eigenvalue weighted by atomic mass is 28.4. The molecule has 0 saturated carbocycles. The highest BCUT2D eigenvalue weighted by molar-refractivity contribution is 6.60. The molecule has 0 heterocycles. The molecule has 0 aromatic rings. The van der Waals surface area contributed by atoms with Crippen molar-refractivity contribution in [3.63, 3.8) is 0 Å². The predicted octanol–water partition coefficient (Wildman–Crippen LogP) is 2.46. The molecule has 26 heavy (non-hydrogen) atoms. The first-order chi connectivity index (χ1) is 12.5. The molecule has 0 bridgehead atoms. The smallest absolute Gasteiger partial charge is 0.434 e. The molecule has 0 aromatic carbocycles. The molecule has 0 N–H and O–H groups in total. The molecule has 0 unspecified atom stereocenters. The summed E-state index contributed by atoms with van der Waals surface area (Å²) >= 11 is 0. The Hall–Kier alpha value is -0.536. The van der Waals surface area contributed by atoms with Crippen LogP contribution in [0.3, 0.4) is 0 Å². The van der Waals surface area contributed by atoms with E-state index in [9.17, 15) is 4.79 Å². The summed E-state index contributed by atoms with van der Waals surface area (Å²) in [6.07, 6.45) is 2.25. The Morgan fingerprint density at radius 1 is 0.577 bits per heavy atom. The molecule has 0 aliphatic heterocycles. The van der Waals surface area contributed by atoms with Gasteiger partial charge >= 0.3 is 23.8 Å². The molecule has 0 spiro atoms. The summed E-state index contributed by atoms with van der Waals surface area (Å²) in [4.78, 5) is 11.5. The molecule has 0 rings (SSSR count). The summed E-state index contributed by atoms with van der Waals surface area (Å²) in [7, 11) is 4.35. The van der Waals surface area contributed by atoms with Crippen molar-refractivity contribution in [1.29, 1.82) is 0 Å². The van der Waals surface area contributed by atoms with Crippen LogP contribution in [0.15, 0.2) is 0 Å². The topological polar surface area (TPSA) is 90.9 Å². The third kappa shape index (κ3) is 9.41. The summed E-state index contributed by atoms with van der Waals surface area (Å²) in [5.41, 5.74) is 0. The SMILES string of the molecule is CO[Si](CCCCOC(=O)OCCCC[Si](OC)(OC)OC)(OC)OC. The predicted molar refractivity (Wildman–Crippen MR) is 98.9 cm³/mol. The Labute approximate surface area is 158 Å². The van der Waals surface area contributed by atoms with Crippen LogP contribution in [0.1, 0.15) is 25.7 Å². The van der Waals surface area contributed by atoms with E-state index < -0.39 is 23.8 Å². The van der Waals surface area contributed by atoms with Crippen LogP contribution in [0.5, 0.6) is 0 Å². The maximum Gasteiger partial charge on any atom is 0.508 e. The van der Waals surface area contributed by atoms with E-state index in [-0.39, 0.29) is 13.2 Å². The number of ether oxygens (including phenoxy) is 2. The fourth-order valence-electron chi connectivity index (χ4n) is 2.35. The van der Waals surface area contributed by atoms with Gasteiger partial charge in [0.1, 0.15) is 0 Å². The summed E-state index contributed by atoms with van der Waals surface area (Å²) in [5.74, 6) is 0. The average molecular weight is 415 g/mol. The lowest BCUT2D eigenvalue weighted by Crippen LogP contribution is -2.42. The van der Waals surface area contributed by atoms with Gasteiger partial charge in [-0.1, -0.05) is 0 Å². The highest BCUT2D eigenvalue weighted by Gasteiger charge is 2.37. The van der Waals surface area contributed by atoms with Crippen molar-refractivity contribution >= 4 is 23.8 Å². The summed E-state index contributed by atoms with van der Waals surface area (Å²) in [5, 5.41) is 0.